The van der Waals surface area contributed by atoms with Crippen LogP contribution in [0.15, 0.2) is 54.6 Å². The van der Waals surface area contributed by atoms with E-state index in [0.717, 1.165) is 12.8 Å². The molecule has 6 heteroatoms. The number of benzene rings is 2. The third-order valence-electron chi connectivity index (χ3n) is 5.73. The summed E-state index contributed by atoms with van der Waals surface area (Å²) in [5.74, 6) is 0.199. The van der Waals surface area contributed by atoms with Gasteiger partial charge in [-0.2, -0.15) is 0 Å². The fraction of sp³-hybridized carbons (Fsp3) is 0.364. The molecule has 2 bridgehead atoms. The van der Waals surface area contributed by atoms with Gasteiger partial charge >= 0.3 is 5.97 Å². The van der Waals surface area contributed by atoms with Gasteiger partial charge in [0, 0.05) is 25.0 Å². The van der Waals surface area contributed by atoms with Crippen LogP contribution in [0.3, 0.4) is 0 Å². The largest absolute Gasteiger partial charge is 0.481 e. The number of hydrogen-bond acceptors (Lipinski definition) is 4. The zero-order valence-corrected chi connectivity index (χ0v) is 15.6. The zero-order valence-electron chi connectivity index (χ0n) is 15.6. The molecule has 2 aromatic carbocycles. The minimum absolute atomic E-state index is 0.0731. The first kappa shape index (κ1) is 18.5. The maximum atomic E-state index is 12.5. The van der Waals surface area contributed by atoms with Gasteiger partial charge in [0.05, 0.1) is 11.6 Å². The molecule has 0 spiro atoms. The highest BCUT2D eigenvalue weighted by molar-refractivity contribution is 5.92. The molecule has 0 saturated carbocycles. The number of carbonyl (C=O) groups excluding carboxylic acids is 1. The van der Waals surface area contributed by atoms with Crippen LogP contribution < -0.4 is 10.1 Å². The molecule has 2 aliphatic heterocycles. The van der Waals surface area contributed by atoms with Gasteiger partial charge in [0.15, 0.2) is 5.75 Å². The standard InChI is InChI=1S/C22H24N2O4/c25-21(12-13-24-15-10-11-19(24)17(14-15)22(26)27)23-18-8-4-5-9-20(18)28-16-6-2-1-3-7-16/h1-9,15,17,19H,10-14H2,(H,23,25)(H,26,27). The van der Waals surface area contributed by atoms with Crippen LogP contribution >= 0.6 is 0 Å². The van der Waals surface area contributed by atoms with Crippen LogP contribution in [0.4, 0.5) is 5.69 Å². The summed E-state index contributed by atoms with van der Waals surface area (Å²) in [5.41, 5.74) is 0.629. The molecule has 3 atom stereocenters. The smallest absolute Gasteiger partial charge is 0.308 e. The van der Waals surface area contributed by atoms with Gasteiger partial charge in [0.1, 0.15) is 5.75 Å². The normalized spacial score (nSPS) is 23.5. The van der Waals surface area contributed by atoms with Crippen molar-refractivity contribution in [2.75, 3.05) is 11.9 Å². The number of hydrogen-bond donors (Lipinski definition) is 2. The van der Waals surface area contributed by atoms with Crippen LogP contribution in [0.25, 0.3) is 0 Å². The van der Waals surface area contributed by atoms with Crippen molar-refractivity contribution in [3.8, 4) is 11.5 Å². The highest BCUT2D eigenvalue weighted by Gasteiger charge is 2.48. The van der Waals surface area contributed by atoms with Gasteiger partial charge in [-0.25, -0.2) is 0 Å². The van der Waals surface area contributed by atoms with Gasteiger partial charge in [0.2, 0.25) is 5.91 Å². The number of nitrogens with zero attached hydrogens (tertiary/aromatic N) is 1. The summed E-state index contributed by atoms with van der Waals surface area (Å²) in [6, 6.07) is 17.2. The Bertz CT molecular complexity index is 855. The van der Waals surface area contributed by atoms with E-state index in [1.165, 1.54) is 0 Å². The van der Waals surface area contributed by atoms with E-state index < -0.39 is 5.97 Å². The second-order valence-corrected chi connectivity index (χ2v) is 7.43. The Morgan fingerprint density at radius 3 is 2.57 bits per heavy atom. The van der Waals surface area contributed by atoms with Crippen LogP contribution in [-0.4, -0.2) is 40.5 Å². The van der Waals surface area contributed by atoms with E-state index in [1.54, 1.807) is 0 Å². The van der Waals surface area contributed by atoms with Gasteiger partial charge in [-0.1, -0.05) is 30.3 Å². The van der Waals surface area contributed by atoms with Crippen molar-refractivity contribution in [2.45, 2.75) is 37.8 Å². The van der Waals surface area contributed by atoms with Crippen molar-refractivity contribution in [2.24, 2.45) is 5.92 Å². The molecule has 2 saturated heterocycles. The van der Waals surface area contributed by atoms with Crippen LogP contribution in [-0.2, 0) is 9.59 Å². The Morgan fingerprint density at radius 2 is 1.82 bits per heavy atom. The molecule has 2 heterocycles. The first-order chi connectivity index (χ1) is 13.6. The second kappa shape index (κ2) is 8.02. The summed E-state index contributed by atoms with van der Waals surface area (Å²) in [6.07, 6.45) is 2.98. The lowest BCUT2D eigenvalue weighted by atomic mass is 9.89. The quantitative estimate of drug-likeness (QED) is 0.765. The Labute approximate surface area is 164 Å². The maximum absolute atomic E-state index is 12.5. The Hall–Kier alpha value is -2.86. The molecule has 2 aromatic rings. The molecule has 146 valence electrons. The van der Waals surface area contributed by atoms with Gasteiger partial charge < -0.3 is 15.2 Å². The molecule has 0 aliphatic carbocycles. The summed E-state index contributed by atoms with van der Waals surface area (Å²) < 4.78 is 5.88. The van der Waals surface area contributed by atoms with Crippen LogP contribution in [0, 0.1) is 5.92 Å². The molecule has 0 radical (unpaired) electrons. The van der Waals surface area contributed by atoms with E-state index in [9.17, 15) is 14.7 Å². The van der Waals surface area contributed by atoms with Crippen molar-refractivity contribution >= 4 is 17.6 Å². The van der Waals surface area contributed by atoms with Crippen molar-refractivity contribution < 1.29 is 19.4 Å². The highest BCUT2D eigenvalue weighted by atomic mass is 16.5. The number of carboxylic acid groups (broad SMARTS) is 1. The lowest BCUT2D eigenvalue weighted by Crippen LogP contribution is -2.35. The first-order valence-electron chi connectivity index (χ1n) is 9.72. The van der Waals surface area contributed by atoms with Gasteiger partial charge in [-0.3, -0.25) is 14.5 Å². The predicted octanol–water partition coefficient (Wildman–Crippen LogP) is 3.75. The third kappa shape index (κ3) is 3.87. The molecular weight excluding hydrogens is 356 g/mol. The molecule has 2 fully saturated rings. The van der Waals surface area contributed by atoms with Crippen LogP contribution in [0.5, 0.6) is 11.5 Å². The van der Waals surface area contributed by atoms with E-state index in [0.29, 0.717) is 42.6 Å². The second-order valence-electron chi connectivity index (χ2n) is 7.43. The number of nitrogens with one attached hydrogen (secondary N) is 1. The Balaban J connectivity index is 1.35. The molecule has 1 amide bonds. The summed E-state index contributed by atoms with van der Waals surface area (Å²) in [4.78, 5) is 26.1. The van der Waals surface area contributed by atoms with Crippen LogP contribution in [0.1, 0.15) is 25.7 Å². The minimum atomic E-state index is -0.714. The topological polar surface area (TPSA) is 78.9 Å². The number of carboxylic acids is 1. The summed E-state index contributed by atoms with van der Waals surface area (Å²) >= 11 is 0. The number of anilines is 1. The molecular formula is C22H24N2O4. The fourth-order valence-electron chi connectivity index (χ4n) is 4.43. The minimum Gasteiger partial charge on any atom is -0.481 e. The number of carbonyl (C=O) groups is 2. The number of aliphatic carboxylic acids is 1. The predicted molar refractivity (Wildman–Crippen MR) is 105 cm³/mol. The third-order valence-corrected chi connectivity index (χ3v) is 5.73. The number of ether oxygens (including phenoxy) is 1. The molecule has 3 unspecified atom stereocenters. The van der Waals surface area contributed by atoms with Crippen molar-refractivity contribution in [1.29, 1.82) is 0 Å². The molecule has 2 N–H and O–H groups in total. The van der Waals surface area contributed by atoms with Crippen molar-refractivity contribution in [1.82, 2.24) is 4.90 Å². The molecule has 28 heavy (non-hydrogen) atoms. The fourth-order valence-corrected chi connectivity index (χ4v) is 4.43. The molecule has 6 nitrogen and oxygen atoms in total. The van der Waals surface area contributed by atoms with E-state index in [2.05, 4.69) is 10.2 Å². The number of rotatable bonds is 7. The van der Waals surface area contributed by atoms with E-state index >= 15 is 0 Å². The maximum Gasteiger partial charge on any atom is 0.308 e. The van der Waals surface area contributed by atoms with Crippen molar-refractivity contribution in [3.63, 3.8) is 0 Å². The first-order valence-corrected chi connectivity index (χ1v) is 9.72. The van der Waals surface area contributed by atoms with E-state index in [1.807, 2.05) is 54.6 Å². The summed E-state index contributed by atoms with van der Waals surface area (Å²) in [6.45, 7) is 0.590. The number of amides is 1. The summed E-state index contributed by atoms with van der Waals surface area (Å²) in [7, 11) is 0. The Kier molecular flexibility index (Phi) is 5.30. The molecule has 4 rings (SSSR count). The lowest BCUT2D eigenvalue weighted by molar-refractivity contribution is -0.142. The SMILES string of the molecule is O=C(CCN1C2CCC1C(C(=O)O)C2)Nc1ccccc1Oc1ccccc1. The number of fused-ring (bicyclic) bond motifs is 2. The lowest BCUT2D eigenvalue weighted by Gasteiger charge is -2.22. The van der Waals surface area contributed by atoms with Gasteiger partial charge in [-0.05, 0) is 43.5 Å². The van der Waals surface area contributed by atoms with E-state index in [4.69, 9.17) is 4.74 Å². The average Bonchev–Trinajstić information content (AvgIpc) is 3.26. The van der Waals surface area contributed by atoms with Crippen molar-refractivity contribution in [3.05, 3.63) is 54.6 Å². The molecule has 2 aliphatic rings. The molecule has 0 aromatic heterocycles. The highest BCUT2D eigenvalue weighted by Crippen LogP contribution is 2.41. The number of para-hydroxylation sites is 3. The van der Waals surface area contributed by atoms with Gasteiger partial charge in [-0.15, -0.1) is 0 Å². The van der Waals surface area contributed by atoms with Gasteiger partial charge in [0.25, 0.3) is 0 Å². The van der Waals surface area contributed by atoms with Crippen LogP contribution in [0.2, 0.25) is 0 Å². The zero-order chi connectivity index (χ0) is 19.5. The average molecular weight is 380 g/mol. The Morgan fingerprint density at radius 1 is 1.07 bits per heavy atom. The van der Waals surface area contributed by atoms with E-state index in [-0.39, 0.29) is 17.9 Å². The monoisotopic (exact) mass is 380 g/mol. The summed E-state index contributed by atoms with van der Waals surface area (Å²) in [5, 5.41) is 12.3.